The topological polar surface area (TPSA) is 83.1 Å². The Morgan fingerprint density at radius 3 is 2.22 bits per heavy atom. The third-order valence-corrected chi connectivity index (χ3v) is 4.67. The van der Waals surface area contributed by atoms with Gasteiger partial charge in [-0.2, -0.15) is 0 Å². The second-order valence-corrected chi connectivity index (χ2v) is 8.33. The quantitative estimate of drug-likeness (QED) is 0.452. The van der Waals surface area contributed by atoms with E-state index in [0.29, 0.717) is 39.0 Å². The van der Waals surface area contributed by atoms with Crippen LogP contribution in [-0.4, -0.2) is 50.3 Å². The number of amides is 1. The van der Waals surface area contributed by atoms with Crippen LogP contribution in [0.15, 0.2) is 0 Å². The van der Waals surface area contributed by atoms with E-state index in [9.17, 15) is 9.36 Å². The third-order valence-electron chi connectivity index (χ3n) is 2.50. The van der Waals surface area contributed by atoms with Crippen molar-refractivity contribution in [3.63, 3.8) is 0 Å². The number of carbonyl (C=O) groups is 1. The SMILES string of the molecule is CCOP(=O)(CCCOCC(C)NC(=O)OC(C)(C)C)OCC. The lowest BCUT2D eigenvalue weighted by Gasteiger charge is -2.22. The van der Waals surface area contributed by atoms with Crippen molar-refractivity contribution in [2.75, 3.05) is 32.6 Å². The summed E-state index contributed by atoms with van der Waals surface area (Å²) in [6.07, 6.45) is 0.421. The summed E-state index contributed by atoms with van der Waals surface area (Å²) in [5.41, 5.74) is -0.523. The monoisotopic (exact) mass is 353 g/mol. The van der Waals surface area contributed by atoms with Crippen molar-refractivity contribution in [2.24, 2.45) is 0 Å². The molecule has 0 aliphatic rings. The molecular weight excluding hydrogens is 321 g/mol. The Morgan fingerprint density at radius 2 is 1.74 bits per heavy atom. The van der Waals surface area contributed by atoms with Crippen molar-refractivity contribution in [2.45, 2.75) is 59.6 Å². The van der Waals surface area contributed by atoms with Gasteiger partial charge in [0.05, 0.1) is 32.0 Å². The van der Waals surface area contributed by atoms with Gasteiger partial charge in [-0.15, -0.1) is 0 Å². The normalized spacial score (nSPS) is 13.7. The van der Waals surface area contributed by atoms with E-state index in [-0.39, 0.29) is 6.04 Å². The number of rotatable bonds is 11. The fraction of sp³-hybridized carbons (Fsp3) is 0.933. The zero-order chi connectivity index (χ0) is 17.9. The highest BCUT2D eigenvalue weighted by Crippen LogP contribution is 2.48. The van der Waals surface area contributed by atoms with Crippen LogP contribution in [0.2, 0.25) is 0 Å². The number of alkyl carbamates (subject to hydrolysis) is 1. The summed E-state index contributed by atoms with van der Waals surface area (Å²) >= 11 is 0. The molecule has 0 aliphatic carbocycles. The van der Waals surface area contributed by atoms with E-state index in [4.69, 9.17) is 18.5 Å². The van der Waals surface area contributed by atoms with Gasteiger partial charge in [0.2, 0.25) is 0 Å². The van der Waals surface area contributed by atoms with E-state index in [0.717, 1.165) is 0 Å². The molecule has 0 spiro atoms. The molecule has 1 unspecified atom stereocenters. The van der Waals surface area contributed by atoms with Crippen LogP contribution in [0, 0.1) is 0 Å². The van der Waals surface area contributed by atoms with Gasteiger partial charge in [0.25, 0.3) is 0 Å². The van der Waals surface area contributed by atoms with Crippen molar-refractivity contribution >= 4 is 13.7 Å². The molecule has 0 fully saturated rings. The van der Waals surface area contributed by atoms with Gasteiger partial charge in [-0.3, -0.25) is 4.57 Å². The van der Waals surface area contributed by atoms with Crippen molar-refractivity contribution in [1.82, 2.24) is 5.32 Å². The molecule has 0 aliphatic heterocycles. The first-order valence-corrected chi connectivity index (χ1v) is 9.80. The summed E-state index contributed by atoms with van der Waals surface area (Å²) in [6.45, 7) is 12.3. The second kappa shape index (κ2) is 11.0. The molecule has 8 heteroatoms. The van der Waals surface area contributed by atoms with E-state index in [2.05, 4.69) is 5.32 Å². The van der Waals surface area contributed by atoms with Gasteiger partial charge in [-0.05, 0) is 48.0 Å². The molecule has 0 aromatic heterocycles. The molecule has 0 rings (SSSR count). The lowest BCUT2D eigenvalue weighted by atomic mass is 10.2. The minimum absolute atomic E-state index is 0.171. The number of ether oxygens (including phenoxy) is 2. The molecule has 7 nitrogen and oxygen atoms in total. The Bertz CT molecular complexity index is 373. The molecule has 138 valence electrons. The minimum atomic E-state index is -3.00. The Hall–Kier alpha value is -0.620. The standard InChI is InChI=1S/C15H32NO6P/c1-7-20-23(18,21-8-2)11-9-10-19-12-13(3)16-14(17)22-15(4,5)6/h13H,7-12H2,1-6H3,(H,16,17). The predicted octanol–water partition coefficient (Wildman–Crippen LogP) is 3.57. The summed E-state index contributed by atoms with van der Waals surface area (Å²) in [5.74, 6) is 0. The fourth-order valence-electron chi connectivity index (χ4n) is 1.73. The van der Waals surface area contributed by atoms with Crippen LogP contribution >= 0.6 is 7.60 Å². The van der Waals surface area contributed by atoms with E-state index < -0.39 is 19.3 Å². The Kier molecular flexibility index (Phi) is 10.7. The summed E-state index contributed by atoms with van der Waals surface area (Å²) in [6, 6.07) is -0.171. The highest BCUT2D eigenvalue weighted by molar-refractivity contribution is 7.53. The third kappa shape index (κ3) is 12.5. The van der Waals surface area contributed by atoms with E-state index in [1.165, 1.54) is 0 Å². The molecule has 1 amide bonds. The largest absolute Gasteiger partial charge is 0.444 e. The smallest absolute Gasteiger partial charge is 0.407 e. The van der Waals surface area contributed by atoms with Crippen LogP contribution in [0.5, 0.6) is 0 Å². The number of hydrogen-bond acceptors (Lipinski definition) is 6. The molecule has 0 aromatic rings. The number of nitrogens with one attached hydrogen (secondary N) is 1. The van der Waals surface area contributed by atoms with Gasteiger partial charge in [0.1, 0.15) is 5.60 Å². The maximum absolute atomic E-state index is 12.2. The van der Waals surface area contributed by atoms with Crippen LogP contribution in [0.3, 0.4) is 0 Å². The van der Waals surface area contributed by atoms with Crippen molar-refractivity contribution < 1.29 is 27.9 Å². The fourth-order valence-corrected chi connectivity index (χ4v) is 3.37. The zero-order valence-corrected chi connectivity index (χ0v) is 16.1. The van der Waals surface area contributed by atoms with Crippen LogP contribution in [-0.2, 0) is 23.1 Å². The van der Waals surface area contributed by atoms with Gasteiger partial charge in [-0.25, -0.2) is 4.79 Å². The maximum Gasteiger partial charge on any atom is 0.407 e. The van der Waals surface area contributed by atoms with Gasteiger partial charge in [0.15, 0.2) is 0 Å². The van der Waals surface area contributed by atoms with Crippen LogP contribution in [0.25, 0.3) is 0 Å². The van der Waals surface area contributed by atoms with Crippen LogP contribution in [0.1, 0.15) is 48.0 Å². The van der Waals surface area contributed by atoms with Gasteiger partial charge in [0, 0.05) is 6.61 Å². The summed E-state index contributed by atoms with van der Waals surface area (Å²) in [7, 11) is -3.00. The van der Waals surface area contributed by atoms with Crippen molar-refractivity contribution in [1.29, 1.82) is 0 Å². The van der Waals surface area contributed by atoms with Gasteiger partial charge < -0.3 is 23.8 Å². The molecule has 0 bridgehead atoms. The van der Waals surface area contributed by atoms with Gasteiger partial charge in [-0.1, -0.05) is 0 Å². The molecule has 1 N–H and O–H groups in total. The van der Waals surface area contributed by atoms with E-state index >= 15 is 0 Å². The molecule has 0 saturated heterocycles. The molecule has 1 atom stereocenters. The average molecular weight is 353 g/mol. The highest BCUT2D eigenvalue weighted by atomic mass is 31.2. The Balaban J connectivity index is 3.90. The van der Waals surface area contributed by atoms with Crippen molar-refractivity contribution in [3.8, 4) is 0 Å². The lowest BCUT2D eigenvalue weighted by molar-refractivity contribution is 0.0454. The first-order valence-electron chi connectivity index (χ1n) is 8.07. The molecule has 0 radical (unpaired) electrons. The predicted molar refractivity (Wildman–Crippen MR) is 90.0 cm³/mol. The molecular formula is C15H32NO6P. The lowest BCUT2D eigenvalue weighted by Crippen LogP contribution is -2.39. The first-order chi connectivity index (χ1) is 10.6. The van der Waals surface area contributed by atoms with E-state index in [1.807, 2.05) is 27.7 Å². The molecule has 0 heterocycles. The van der Waals surface area contributed by atoms with Crippen LogP contribution < -0.4 is 5.32 Å². The minimum Gasteiger partial charge on any atom is -0.444 e. The van der Waals surface area contributed by atoms with E-state index in [1.54, 1.807) is 13.8 Å². The number of hydrogen-bond donors (Lipinski definition) is 1. The Labute approximate surface area is 139 Å². The molecule has 23 heavy (non-hydrogen) atoms. The number of carbonyl (C=O) groups excluding carboxylic acids is 1. The zero-order valence-electron chi connectivity index (χ0n) is 15.2. The average Bonchev–Trinajstić information content (AvgIpc) is 2.36. The summed E-state index contributed by atoms with van der Waals surface area (Å²) < 4.78 is 33.3. The molecule has 0 aromatic carbocycles. The highest BCUT2D eigenvalue weighted by Gasteiger charge is 2.22. The first kappa shape index (κ1) is 22.4. The van der Waals surface area contributed by atoms with Crippen LogP contribution in [0.4, 0.5) is 4.79 Å². The van der Waals surface area contributed by atoms with Gasteiger partial charge >= 0.3 is 13.7 Å². The molecule has 0 saturated carbocycles. The maximum atomic E-state index is 12.2. The summed E-state index contributed by atoms with van der Waals surface area (Å²) in [5, 5.41) is 2.69. The van der Waals surface area contributed by atoms with Crippen molar-refractivity contribution in [3.05, 3.63) is 0 Å². The second-order valence-electron chi connectivity index (χ2n) is 6.15. The summed E-state index contributed by atoms with van der Waals surface area (Å²) in [4.78, 5) is 11.6. The Morgan fingerprint density at radius 1 is 1.17 bits per heavy atom.